The van der Waals surface area contributed by atoms with Gasteiger partial charge in [0.2, 0.25) is 17.7 Å². The third-order valence-electron chi connectivity index (χ3n) is 10.1. The number of benzene rings is 1. The lowest BCUT2D eigenvalue weighted by molar-refractivity contribution is -0.136. The van der Waals surface area contributed by atoms with E-state index in [4.69, 9.17) is 19.9 Å². The molecular weight excluding hydrogens is 857 g/mol. The van der Waals surface area contributed by atoms with E-state index < -0.39 is 59.2 Å². The molecule has 0 bridgehead atoms. The van der Waals surface area contributed by atoms with Crippen LogP contribution < -0.4 is 37.1 Å². The summed E-state index contributed by atoms with van der Waals surface area (Å²) in [6.07, 6.45) is 0.634. The number of amides is 6. The van der Waals surface area contributed by atoms with E-state index in [0.29, 0.717) is 31.2 Å². The number of hydrogen-bond acceptors (Lipinski definition) is 15. The molecule has 1 saturated carbocycles. The number of nitrogens with two attached hydrogens (primary N) is 1. The summed E-state index contributed by atoms with van der Waals surface area (Å²) in [6, 6.07) is 2.99. The minimum Gasteiger partial charge on any atom is -0.485 e. The number of rotatable bonds is 31. The molecule has 1 fully saturated rings. The van der Waals surface area contributed by atoms with Crippen LogP contribution in [0.25, 0.3) is 0 Å². The third kappa shape index (κ3) is 20.5. The van der Waals surface area contributed by atoms with Crippen molar-refractivity contribution in [3.8, 4) is 5.75 Å². The zero-order chi connectivity index (χ0) is 47.8. The summed E-state index contributed by atoms with van der Waals surface area (Å²) >= 11 is 1.11. The van der Waals surface area contributed by atoms with Crippen molar-refractivity contribution in [2.45, 2.75) is 122 Å². The number of urea groups is 1. The minimum atomic E-state index is -0.940. The van der Waals surface area contributed by atoms with E-state index in [2.05, 4.69) is 26.6 Å². The van der Waals surface area contributed by atoms with Crippen LogP contribution in [0.3, 0.4) is 0 Å². The average Bonchev–Trinajstić information content (AvgIpc) is 3.50. The second-order valence-corrected chi connectivity index (χ2v) is 16.9. The summed E-state index contributed by atoms with van der Waals surface area (Å²) in [5, 5.41) is 12.0. The highest BCUT2D eigenvalue weighted by Crippen LogP contribution is 2.32. The SMILES string of the molecule is CNC(=O)OCc1ccc(NC(=O)[C@H](CCCNC(N)=O)CC(=O)[C@@H](NC(C)=O)C(C)C)cc1OCC(=O)CCCCCC(=O)CCC1C(=O)CC(SC[C@H](NC(C)=O)OC=O)C1=O. The summed E-state index contributed by atoms with van der Waals surface area (Å²) in [4.78, 5) is 135. The number of unbranched alkanes of at least 4 members (excludes halogenated alkanes) is 2. The van der Waals surface area contributed by atoms with Gasteiger partial charge in [-0.2, -0.15) is 0 Å². The molecule has 1 aliphatic carbocycles. The molecule has 354 valence electrons. The first-order valence-electron chi connectivity index (χ1n) is 21.2. The molecule has 1 aliphatic rings. The number of nitrogens with one attached hydrogen (secondary N) is 5. The van der Waals surface area contributed by atoms with Crippen LogP contribution in [0.2, 0.25) is 0 Å². The predicted octanol–water partition coefficient (Wildman–Crippen LogP) is 2.81. The number of ether oxygens (including phenoxy) is 3. The van der Waals surface area contributed by atoms with Crippen LogP contribution in [0.4, 0.5) is 15.3 Å². The van der Waals surface area contributed by atoms with Gasteiger partial charge in [-0.15, -0.1) is 11.8 Å². The van der Waals surface area contributed by atoms with Gasteiger partial charge in [0.05, 0.1) is 23.0 Å². The lowest BCUT2D eigenvalue weighted by Gasteiger charge is -2.23. The van der Waals surface area contributed by atoms with Gasteiger partial charge in [-0.25, -0.2) is 9.59 Å². The van der Waals surface area contributed by atoms with Crippen LogP contribution in [-0.4, -0.2) is 109 Å². The molecule has 2 rings (SSSR count). The Morgan fingerprint density at radius 3 is 2.23 bits per heavy atom. The normalized spacial score (nSPS) is 15.8. The van der Waals surface area contributed by atoms with Crippen molar-refractivity contribution in [2.24, 2.45) is 23.5 Å². The number of primary amides is 1. The number of anilines is 1. The number of hydrogen-bond donors (Lipinski definition) is 6. The summed E-state index contributed by atoms with van der Waals surface area (Å²) in [6.45, 7) is 5.87. The summed E-state index contributed by atoms with van der Waals surface area (Å²) in [5.41, 5.74) is 5.81. The molecule has 0 aliphatic heterocycles. The van der Waals surface area contributed by atoms with Gasteiger partial charge in [-0.05, 0) is 50.2 Å². The van der Waals surface area contributed by atoms with Crippen molar-refractivity contribution in [2.75, 3.05) is 31.3 Å². The molecule has 6 amide bonds. The molecule has 5 atom stereocenters. The molecule has 1 aromatic rings. The molecule has 0 radical (unpaired) electrons. The van der Waals surface area contributed by atoms with Gasteiger partial charge < -0.3 is 46.5 Å². The Kier molecular flexibility index (Phi) is 24.4. The van der Waals surface area contributed by atoms with Crippen LogP contribution in [-0.2, 0) is 59.2 Å². The van der Waals surface area contributed by atoms with E-state index in [9.17, 15) is 52.7 Å². The zero-order valence-electron chi connectivity index (χ0n) is 37.1. The lowest BCUT2D eigenvalue weighted by Crippen LogP contribution is -2.44. The maximum Gasteiger partial charge on any atom is 0.407 e. The van der Waals surface area contributed by atoms with Crippen LogP contribution in [0, 0.1) is 17.8 Å². The van der Waals surface area contributed by atoms with Crippen molar-refractivity contribution in [3.05, 3.63) is 23.8 Å². The highest BCUT2D eigenvalue weighted by Gasteiger charge is 2.41. The lowest BCUT2D eigenvalue weighted by atomic mass is 9.89. The van der Waals surface area contributed by atoms with Gasteiger partial charge in [0.1, 0.15) is 30.5 Å². The Morgan fingerprint density at radius 1 is 0.922 bits per heavy atom. The molecule has 64 heavy (non-hydrogen) atoms. The first-order chi connectivity index (χ1) is 30.3. The number of Topliss-reactive ketones (excluding diaryl/α,β-unsaturated/α-hetero) is 5. The van der Waals surface area contributed by atoms with Crippen molar-refractivity contribution in [3.63, 3.8) is 0 Å². The highest BCUT2D eigenvalue weighted by atomic mass is 32.2. The van der Waals surface area contributed by atoms with Crippen molar-refractivity contribution >= 4 is 82.7 Å². The first kappa shape index (κ1) is 54.3. The molecule has 1 aromatic carbocycles. The predicted molar refractivity (Wildman–Crippen MR) is 234 cm³/mol. The van der Waals surface area contributed by atoms with Crippen molar-refractivity contribution < 1.29 is 67.0 Å². The smallest absolute Gasteiger partial charge is 0.407 e. The van der Waals surface area contributed by atoms with Crippen molar-refractivity contribution in [1.82, 2.24) is 21.3 Å². The van der Waals surface area contributed by atoms with Gasteiger partial charge in [-0.1, -0.05) is 20.3 Å². The quantitative estimate of drug-likeness (QED) is 0.0270. The Morgan fingerprint density at radius 2 is 1.61 bits per heavy atom. The highest BCUT2D eigenvalue weighted by molar-refractivity contribution is 8.00. The fourth-order valence-corrected chi connectivity index (χ4v) is 7.97. The maximum atomic E-state index is 13.6. The maximum absolute atomic E-state index is 13.6. The Labute approximate surface area is 376 Å². The van der Waals surface area contributed by atoms with E-state index in [0.717, 1.165) is 11.8 Å². The number of carbonyl (C=O) groups is 11. The Hall–Kier alpha value is -5.86. The second kappa shape index (κ2) is 28.8. The molecular formula is C43H62N6O14S. The van der Waals surface area contributed by atoms with Gasteiger partial charge in [0, 0.05) is 82.8 Å². The minimum absolute atomic E-state index is 0.00719. The largest absolute Gasteiger partial charge is 0.485 e. The van der Waals surface area contributed by atoms with Crippen LogP contribution >= 0.6 is 11.8 Å². The van der Waals surface area contributed by atoms with Gasteiger partial charge in [-0.3, -0.25) is 43.2 Å². The van der Waals surface area contributed by atoms with Crippen LogP contribution in [0.15, 0.2) is 18.2 Å². The summed E-state index contributed by atoms with van der Waals surface area (Å²) < 4.78 is 15.8. The Balaban J connectivity index is 1.95. The zero-order valence-corrected chi connectivity index (χ0v) is 37.9. The fraction of sp³-hybridized carbons (Fsp3) is 0.605. The molecule has 0 heterocycles. The van der Waals surface area contributed by atoms with E-state index in [1.165, 1.54) is 27.0 Å². The van der Waals surface area contributed by atoms with E-state index in [1.807, 2.05) is 0 Å². The molecule has 7 N–H and O–H groups in total. The third-order valence-corrected chi connectivity index (χ3v) is 11.4. The Bertz CT molecular complexity index is 1840. The molecule has 20 nitrogen and oxygen atoms in total. The monoisotopic (exact) mass is 918 g/mol. The summed E-state index contributed by atoms with van der Waals surface area (Å²) in [5.74, 6) is -4.36. The van der Waals surface area contributed by atoms with Crippen molar-refractivity contribution in [1.29, 1.82) is 0 Å². The molecule has 21 heteroatoms. The second-order valence-electron chi connectivity index (χ2n) is 15.7. The molecule has 0 spiro atoms. The van der Waals surface area contributed by atoms with E-state index >= 15 is 0 Å². The standard InChI is InChI=1S/C43H62N6O14S/c1-25(2)39(48-27(4)52)35(56)18-28(10-9-17-46-42(44)59)41(58)49-30-14-13-29(21-62-43(60)45-5)36(19-30)61-22-32(54)12-8-6-7-11-31(53)15-16-33-34(55)20-37(40(33)57)64-23-38(63-24-50)47-26(3)51/h13-14,19,24-25,28,33,37-39H,6-12,15-18,20-23H2,1-5H3,(H,45,60)(H,47,51)(H,48,52)(H,49,58)(H3,44,46,59)/t28-,33?,37?,38-,39+/m1/s1. The van der Waals surface area contributed by atoms with Crippen LogP contribution in [0.1, 0.15) is 104 Å². The number of alkyl carbamates (subject to hydrolysis) is 1. The fourth-order valence-electron chi connectivity index (χ4n) is 6.79. The number of ketones is 5. The van der Waals surface area contributed by atoms with E-state index in [-0.39, 0.29) is 123 Å². The number of carbonyl (C=O) groups excluding carboxylic acids is 11. The van der Waals surface area contributed by atoms with Crippen LogP contribution in [0.5, 0.6) is 5.75 Å². The number of thioether (sulfide) groups is 1. The molecule has 0 saturated heterocycles. The first-order valence-corrected chi connectivity index (χ1v) is 22.2. The topological polar surface area (TPSA) is 302 Å². The summed E-state index contributed by atoms with van der Waals surface area (Å²) in [7, 11) is 1.39. The van der Waals surface area contributed by atoms with Gasteiger partial charge in [0.25, 0.3) is 6.47 Å². The molecule has 0 aromatic heterocycles. The van der Waals surface area contributed by atoms with Gasteiger partial charge in [0.15, 0.2) is 23.6 Å². The molecule has 2 unspecified atom stereocenters. The average molecular weight is 919 g/mol. The van der Waals surface area contributed by atoms with E-state index in [1.54, 1.807) is 26.0 Å². The van der Waals surface area contributed by atoms with Gasteiger partial charge >= 0.3 is 12.1 Å².